The van der Waals surface area contributed by atoms with Crippen molar-refractivity contribution in [2.24, 2.45) is 0 Å². The molecule has 2 aromatic carbocycles. The number of ether oxygens (including phenoxy) is 5. The van der Waals surface area contributed by atoms with E-state index in [2.05, 4.69) is 5.32 Å². The minimum absolute atomic E-state index is 0.106. The first-order valence-corrected chi connectivity index (χ1v) is 10.2. The summed E-state index contributed by atoms with van der Waals surface area (Å²) in [5.41, 5.74) is 0.991. The van der Waals surface area contributed by atoms with Crippen molar-refractivity contribution in [3.05, 3.63) is 60.2 Å². The highest BCUT2D eigenvalue weighted by Crippen LogP contribution is 2.34. The highest BCUT2D eigenvalue weighted by Gasteiger charge is 2.27. The molecule has 0 saturated heterocycles. The molecule has 1 aliphatic rings. The van der Waals surface area contributed by atoms with Crippen molar-refractivity contribution in [3.63, 3.8) is 0 Å². The third-order valence-corrected chi connectivity index (χ3v) is 4.51. The van der Waals surface area contributed by atoms with E-state index in [1.807, 2.05) is 0 Å². The van der Waals surface area contributed by atoms with E-state index in [9.17, 15) is 9.59 Å². The van der Waals surface area contributed by atoms with Gasteiger partial charge in [0.15, 0.2) is 17.6 Å². The number of aliphatic hydroxyl groups is 1. The molecule has 0 aromatic heterocycles. The number of amides is 1. The molecule has 0 saturated carbocycles. The normalized spacial score (nSPS) is 14.0. The van der Waals surface area contributed by atoms with Crippen LogP contribution in [0.2, 0.25) is 0 Å². The Bertz CT molecular complexity index is 974. The van der Waals surface area contributed by atoms with Crippen molar-refractivity contribution in [2.75, 3.05) is 31.9 Å². The summed E-state index contributed by atoms with van der Waals surface area (Å²) in [6.45, 7) is 2.13. The monoisotopic (exact) mass is 459 g/mol. The molecule has 176 valence electrons. The maximum absolute atomic E-state index is 12.7. The fourth-order valence-corrected chi connectivity index (χ4v) is 3.09. The van der Waals surface area contributed by atoms with Crippen molar-refractivity contribution >= 4 is 17.7 Å². The van der Waals surface area contributed by atoms with Gasteiger partial charge in [-0.25, -0.2) is 9.59 Å². The van der Waals surface area contributed by atoms with E-state index in [4.69, 9.17) is 33.9 Å². The van der Waals surface area contributed by atoms with E-state index in [0.717, 1.165) is 6.08 Å². The number of rotatable bonds is 11. The Morgan fingerprint density at radius 3 is 2.61 bits per heavy atom. The van der Waals surface area contributed by atoms with Crippen LogP contribution in [-0.4, -0.2) is 55.0 Å². The third-order valence-electron chi connectivity index (χ3n) is 4.51. The molecule has 10 heteroatoms. The Hall–Kier alpha value is -3.76. The molecule has 0 radical (unpaired) electrons. The summed E-state index contributed by atoms with van der Waals surface area (Å²) in [6, 6.07) is 11.6. The molecule has 0 unspecified atom stereocenters. The Kier molecular flexibility index (Phi) is 8.50. The van der Waals surface area contributed by atoms with Crippen LogP contribution in [0.4, 0.5) is 10.5 Å². The summed E-state index contributed by atoms with van der Waals surface area (Å²) >= 11 is 0. The summed E-state index contributed by atoms with van der Waals surface area (Å²) in [6.07, 6.45) is -0.335. The lowest BCUT2D eigenvalue weighted by atomic mass is 10.0. The number of hydrogen-bond donors (Lipinski definition) is 3. The first-order chi connectivity index (χ1) is 16.0. The number of aliphatic carboxylic acids is 1. The van der Waals surface area contributed by atoms with Gasteiger partial charge in [-0.3, -0.25) is 5.32 Å². The molecule has 3 N–H and O–H groups in total. The molecular formula is C23H25NO9. The number of carbonyl (C=O) groups is 2. The van der Waals surface area contributed by atoms with Crippen molar-refractivity contribution in [3.8, 4) is 17.2 Å². The average Bonchev–Trinajstić information content (AvgIpc) is 3.27. The lowest BCUT2D eigenvalue weighted by Gasteiger charge is -2.25. The standard InChI is InChI=1S/C23H25NO9/c1-2-29-19(9-10-21(26)27)22(15-3-6-17(7-4-15)30-12-11-25)33-23(28)24-16-5-8-18-20(13-16)32-14-31-18/h3-10,13,19,22,25H,2,11-12,14H2,1H3,(H,24,28)(H,26,27)/b10-9+/t19-,22-/m1/s1. The van der Waals surface area contributed by atoms with Crippen molar-refractivity contribution in [1.82, 2.24) is 0 Å². The van der Waals surface area contributed by atoms with Gasteiger partial charge in [0, 0.05) is 24.4 Å². The highest BCUT2D eigenvalue weighted by atomic mass is 16.7. The quantitative estimate of drug-likeness (QED) is 0.434. The lowest BCUT2D eigenvalue weighted by Crippen LogP contribution is -2.27. The topological polar surface area (TPSA) is 133 Å². The Morgan fingerprint density at radius 1 is 1.15 bits per heavy atom. The van der Waals surface area contributed by atoms with Gasteiger partial charge >= 0.3 is 12.1 Å². The lowest BCUT2D eigenvalue weighted by molar-refractivity contribution is -0.131. The Labute approximate surface area is 190 Å². The zero-order valence-electron chi connectivity index (χ0n) is 17.9. The second-order valence-electron chi connectivity index (χ2n) is 6.78. The average molecular weight is 459 g/mol. The predicted octanol–water partition coefficient (Wildman–Crippen LogP) is 3.12. The summed E-state index contributed by atoms with van der Waals surface area (Å²) in [7, 11) is 0. The fourth-order valence-electron chi connectivity index (χ4n) is 3.09. The minimum Gasteiger partial charge on any atom is -0.491 e. The molecule has 2 aromatic rings. The number of carboxylic acid groups (broad SMARTS) is 1. The van der Waals surface area contributed by atoms with Gasteiger partial charge in [0.05, 0.1) is 6.61 Å². The zero-order chi connectivity index (χ0) is 23.6. The van der Waals surface area contributed by atoms with Crippen LogP contribution in [-0.2, 0) is 14.3 Å². The van der Waals surface area contributed by atoms with Gasteiger partial charge in [0.25, 0.3) is 0 Å². The van der Waals surface area contributed by atoms with E-state index in [1.54, 1.807) is 49.4 Å². The number of aliphatic hydroxyl groups excluding tert-OH is 1. The molecular weight excluding hydrogens is 434 g/mol. The summed E-state index contributed by atoms with van der Waals surface area (Å²) in [4.78, 5) is 23.7. The van der Waals surface area contributed by atoms with Gasteiger partial charge < -0.3 is 33.9 Å². The molecule has 1 aliphatic heterocycles. The van der Waals surface area contributed by atoms with Crippen LogP contribution in [0.3, 0.4) is 0 Å². The van der Waals surface area contributed by atoms with Crippen LogP contribution >= 0.6 is 0 Å². The summed E-state index contributed by atoms with van der Waals surface area (Å²) < 4.78 is 27.2. The van der Waals surface area contributed by atoms with Gasteiger partial charge in [-0.2, -0.15) is 0 Å². The van der Waals surface area contributed by atoms with E-state index in [-0.39, 0.29) is 26.6 Å². The number of anilines is 1. The Morgan fingerprint density at radius 2 is 1.91 bits per heavy atom. The number of hydrogen-bond acceptors (Lipinski definition) is 8. The number of nitrogens with one attached hydrogen (secondary N) is 1. The molecule has 0 aliphatic carbocycles. The molecule has 10 nitrogen and oxygen atoms in total. The fraction of sp³-hybridized carbons (Fsp3) is 0.304. The highest BCUT2D eigenvalue weighted by molar-refractivity contribution is 5.85. The van der Waals surface area contributed by atoms with Gasteiger partial charge in [0.1, 0.15) is 18.5 Å². The molecule has 2 atom stereocenters. The number of fused-ring (bicyclic) bond motifs is 1. The summed E-state index contributed by atoms with van der Waals surface area (Å²) in [5, 5.41) is 20.6. The van der Waals surface area contributed by atoms with Crippen molar-refractivity contribution < 1.29 is 43.5 Å². The van der Waals surface area contributed by atoms with E-state index >= 15 is 0 Å². The number of benzene rings is 2. The first-order valence-electron chi connectivity index (χ1n) is 10.2. The second-order valence-corrected chi connectivity index (χ2v) is 6.78. The van der Waals surface area contributed by atoms with Crippen molar-refractivity contribution in [1.29, 1.82) is 0 Å². The molecule has 1 amide bonds. The van der Waals surface area contributed by atoms with E-state index in [1.165, 1.54) is 6.08 Å². The molecule has 0 bridgehead atoms. The van der Waals surface area contributed by atoms with Crippen LogP contribution in [0.25, 0.3) is 0 Å². The van der Waals surface area contributed by atoms with Gasteiger partial charge in [0.2, 0.25) is 6.79 Å². The van der Waals surface area contributed by atoms with Crippen LogP contribution in [0.15, 0.2) is 54.6 Å². The molecule has 0 fully saturated rings. The number of carboxylic acids is 1. The maximum atomic E-state index is 12.7. The number of carbonyl (C=O) groups excluding carboxylic acids is 1. The van der Waals surface area contributed by atoms with Crippen LogP contribution in [0.5, 0.6) is 17.2 Å². The molecule has 1 heterocycles. The molecule has 3 rings (SSSR count). The first kappa shape index (κ1) is 23.9. The Balaban J connectivity index is 1.80. The van der Waals surface area contributed by atoms with Crippen LogP contribution in [0.1, 0.15) is 18.6 Å². The van der Waals surface area contributed by atoms with E-state index < -0.39 is 24.3 Å². The SMILES string of the molecule is CCO[C@H](/C=C/C(=O)O)[C@H](OC(=O)Nc1ccc2c(c1)OCO2)c1ccc(OCCO)cc1. The van der Waals surface area contributed by atoms with Gasteiger partial charge in [-0.05, 0) is 42.8 Å². The van der Waals surface area contributed by atoms with Gasteiger partial charge in [-0.15, -0.1) is 0 Å². The maximum Gasteiger partial charge on any atom is 0.412 e. The molecule has 33 heavy (non-hydrogen) atoms. The van der Waals surface area contributed by atoms with Crippen molar-refractivity contribution in [2.45, 2.75) is 19.1 Å². The second kappa shape index (κ2) is 11.7. The third kappa shape index (κ3) is 6.86. The van der Waals surface area contributed by atoms with E-state index in [0.29, 0.717) is 28.5 Å². The largest absolute Gasteiger partial charge is 0.491 e. The summed E-state index contributed by atoms with van der Waals surface area (Å²) in [5.74, 6) is 0.436. The van der Waals surface area contributed by atoms with Gasteiger partial charge in [-0.1, -0.05) is 12.1 Å². The zero-order valence-corrected chi connectivity index (χ0v) is 17.9. The van der Waals surface area contributed by atoms with Crippen LogP contribution < -0.4 is 19.5 Å². The predicted molar refractivity (Wildman–Crippen MR) is 117 cm³/mol. The molecule has 0 spiro atoms. The smallest absolute Gasteiger partial charge is 0.412 e. The van der Waals surface area contributed by atoms with Crippen LogP contribution in [0, 0.1) is 0 Å². The minimum atomic E-state index is -1.16.